The van der Waals surface area contributed by atoms with Crippen LogP contribution in [-0.4, -0.2) is 17.0 Å². The Bertz CT molecular complexity index is 699. The van der Waals surface area contributed by atoms with E-state index in [4.69, 9.17) is 5.11 Å². The Morgan fingerprint density at radius 3 is 2.20 bits per heavy atom. The topological polar surface area (TPSA) is 66.4 Å². The highest BCUT2D eigenvalue weighted by Crippen LogP contribution is 2.21. The monoisotopic (exact) mass is 301 g/mol. The fourth-order valence-corrected chi connectivity index (χ4v) is 2.12. The molecule has 2 N–H and O–H groups in total. The second-order valence-electron chi connectivity index (χ2n) is 3.67. The van der Waals surface area contributed by atoms with Gasteiger partial charge in [-0.05, 0) is 12.1 Å². The van der Waals surface area contributed by atoms with Crippen molar-refractivity contribution in [2.24, 2.45) is 0 Å². The van der Waals surface area contributed by atoms with Crippen molar-refractivity contribution in [1.29, 1.82) is 0 Å². The summed E-state index contributed by atoms with van der Waals surface area (Å²) in [7, 11) is 0. The molecule has 2 aromatic rings. The third kappa shape index (κ3) is 2.80. The number of carboxylic acid groups (broad SMARTS) is 1. The number of nitrogens with one attached hydrogen (secondary N) is 1. The molecule has 0 fully saturated rings. The van der Waals surface area contributed by atoms with Gasteiger partial charge in [0.05, 0.1) is 10.6 Å². The van der Waals surface area contributed by atoms with Gasteiger partial charge in [0.25, 0.3) is 5.91 Å². The predicted octanol–water partition coefficient (Wildman–Crippen LogP) is 3.12. The SMILES string of the molecule is O=C(O)c1ccc(C(=O)Nc2cc(F)c(F)cc2F)s1. The standard InChI is InChI=1S/C12H6F3NO3S/c13-5-3-7(15)8(4-6(5)14)16-11(17)9-1-2-10(20-9)12(18)19/h1-4H,(H,16,17)(H,18,19). The summed E-state index contributed by atoms with van der Waals surface area (Å²) < 4.78 is 39.0. The maximum atomic E-state index is 13.3. The van der Waals surface area contributed by atoms with Crippen LogP contribution in [0.2, 0.25) is 0 Å². The first kappa shape index (κ1) is 14.1. The van der Waals surface area contributed by atoms with Gasteiger partial charge in [0, 0.05) is 12.1 Å². The fraction of sp³-hybridized carbons (Fsp3) is 0. The van der Waals surface area contributed by atoms with Crippen LogP contribution < -0.4 is 5.32 Å². The molecule has 0 aliphatic heterocycles. The van der Waals surface area contributed by atoms with Crippen LogP contribution in [-0.2, 0) is 0 Å². The van der Waals surface area contributed by atoms with Crippen molar-refractivity contribution in [3.05, 3.63) is 51.5 Å². The normalized spacial score (nSPS) is 10.3. The lowest BCUT2D eigenvalue weighted by molar-refractivity contribution is 0.0702. The summed E-state index contributed by atoms with van der Waals surface area (Å²) in [6.45, 7) is 0. The molecular formula is C12H6F3NO3S. The van der Waals surface area contributed by atoms with Gasteiger partial charge >= 0.3 is 5.97 Å². The number of carboxylic acids is 1. The van der Waals surface area contributed by atoms with E-state index in [9.17, 15) is 22.8 Å². The van der Waals surface area contributed by atoms with Gasteiger partial charge in [0.2, 0.25) is 0 Å². The van der Waals surface area contributed by atoms with Crippen LogP contribution in [0.15, 0.2) is 24.3 Å². The average Bonchev–Trinajstić information content (AvgIpc) is 2.85. The molecule has 8 heteroatoms. The summed E-state index contributed by atoms with van der Waals surface area (Å²) in [6.07, 6.45) is 0. The quantitative estimate of drug-likeness (QED) is 0.856. The number of rotatable bonds is 3. The number of hydrogen-bond acceptors (Lipinski definition) is 3. The number of benzene rings is 1. The highest BCUT2D eigenvalue weighted by atomic mass is 32.1. The van der Waals surface area contributed by atoms with E-state index in [2.05, 4.69) is 0 Å². The number of thiophene rings is 1. The minimum Gasteiger partial charge on any atom is -0.477 e. The Morgan fingerprint density at radius 2 is 1.60 bits per heavy atom. The lowest BCUT2D eigenvalue weighted by atomic mass is 10.2. The average molecular weight is 301 g/mol. The van der Waals surface area contributed by atoms with Crippen molar-refractivity contribution in [3.63, 3.8) is 0 Å². The number of anilines is 1. The summed E-state index contributed by atoms with van der Waals surface area (Å²) in [5.74, 6) is -5.82. The molecule has 0 saturated carbocycles. The molecule has 0 aliphatic rings. The predicted molar refractivity (Wildman–Crippen MR) is 65.5 cm³/mol. The van der Waals surface area contributed by atoms with Gasteiger partial charge < -0.3 is 10.4 Å². The summed E-state index contributed by atoms with van der Waals surface area (Å²) >= 11 is 0.680. The summed E-state index contributed by atoms with van der Waals surface area (Å²) in [5, 5.41) is 10.8. The van der Waals surface area contributed by atoms with E-state index in [0.717, 1.165) is 0 Å². The molecule has 1 amide bonds. The van der Waals surface area contributed by atoms with Crippen LogP contribution in [0.25, 0.3) is 0 Å². The Labute approximate surface area is 114 Å². The highest BCUT2D eigenvalue weighted by molar-refractivity contribution is 7.15. The first-order valence-corrected chi connectivity index (χ1v) is 5.99. The van der Waals surface area contributed by atoms with Crippen LogP contribution in [0, 0.1) is 17.5 Å². The Kier molecular flexibility index (Phi) is 3.75. The molecule has 0 unspecified atom stereocenters. The number of carbonyl (C=O) groups is 2. The van der Waals surface area contributed by atoms with Gasteiger partial charge in [-0.2, -0.15) is 0 Å². The molecular weight excluding hydrogens is 295 g/mol. The van der Waals surface area contributed by atoms with Crippen LogP contribution in [0.1, 0.15) is 19.3 Å². The molecule has 1 heterocycles. The third-order valence-electron chi connectivity index (χ3n) is 2.30. The second-order valence-corrected chi connectivity index (χ2v) is 4.75. The van der Waals surface area contributed by atoms with Crippen LogP contribution in [0.5, 0.6) is 0 Å². The molecule has 0 aliphatic carbocycles. The van der Waals surface area contributed by atoms with Crippen molar-refractivity contribution in [2.75, 3.05) is 5.32 Å². The first-order chi connectivity index (χ1) is 9.38. The van der Waals surface area contributed by atoms with Gasteiger partial charge in [0.1, 0.15) is 10.7 Å². The van der Waals surface area contributed by atoms with Crippen molar-refractivity contribution in [3.8, 4) is 0 Å². The van der Waals surface area contributed by atoms with Crippen LogP contribution in [0.4, 0.5) is 18.9 Å². The zero-order valence-corrected chi connectivity index (χ0v) is 10.4. The van der Waals surface area contributed by atoms with Gasteiger partial charge in [-0.1, -0.05) is 0 Å². The summed E-state index contributed by atoms with van der Waals surface area (Å²) in [4.78, 5) is 22.3. The minimum absolute atomic E-state index is 0.00605. The van der Waals surface area contributed by atoms with Gasteiger partial charge in [-0.15, -0.1) is 11.3 Å². The van der Waals surface area contributed by atoms with E-state index in [1.165, 1.54) is 12.1 Å². The molecule has 0 saturated heterocycles. The lowest BCUT2D eigenvalue weighted by Gasteiger charge is -2.05. The second kappa shape index (κ2) is 5.33. The largest absolute Gasteiger partial charge is 0.477 e. The Balaban J connectivity index is 2.23. The number of halogens is 3. The van der Waals surface area contributed by atoms with Crippen molar-refractivity contribution < 1.29 is 27.9 Å². The Hall–Kier alpha value is -2.35. The Morgan fingerprint density at radius 1 is 1.00 bits per heavy atom. The smallest absolute Gasteiger partial charge is 0.345 e. The van der Waals surface area contributed by atoms with E-state index in [1.54, 1.807) is 0 Å². The van der Waals surface area contributed by atoms with Crippen molar-refractivity contribution >= 4 is 28.9 Å². The zero-order valence-electron chi connectivity index (χ0n) is 9.62. The zero-order chi connectivity index (χ0) is 14.9. The van der Waals surface area contributed by atoms with E-state index in [0.29, 0.717) is 23.5 Å². The molecule has 0 radical (unpaired) electrons. The molecule has 20 heavy (non-hydrogen) atoms. The highest BCUT2D eigenvalue weighted by Gasteiger charge is 2.16. The molecule has 1 aromatic heterocycles. The molecule has 0 atom stereocenters. The number of carbonyl (C=O) groups excluding carboxylic acids is 1. The number of hydrogen-bond donors (Lipinski definition) is 2. The molecule has 4 nitrogen and oxygen atoms in total. The van der Waals surface area contributed by atoms with E-state index < -0.39 is 35.0 Å². The van der Waals surface area contributed by atoms with Gasteiger partial charge in [-0.3, -0.25) is 4.79 Å². The maximum absolute atomic E-state index is 13.3. The molecule has 1 aromatic carbocycles. The molecule has 0 bridgehead atoms. The van der Waals surface area contributed by atoms with E-state index in [-0.39, 0.29) is 9.75 Å². The molecule has 2 rings (SSSR count). The maximum Gasteiger partial charge on any atom is 0.345 e. The van der Waals surface area contributed by atoms with Crippen molar-refractivity contribution in [1.82, 2.24) is 0 Å². The van der Waals surface area contributed by atoms with E-state index >= 15 is 0 Å². The third-order valence-corrected chi connectivity index (χ3v) is 3.37. The van der Waals surface area contributed by atoms with Gasteiger partial charge in [0.15, 0.2) is 11.6 Å². The molecule has 104 valence electrons. The lowest BCUT2D eigenvalue weighted by Crippen LogP contribution is -2.12. The summed E-state index contributed by atoms with van der Waals surface area (Å²) in [5.41, 5.74) is -0.529. The van der Waals surface area contributed by atoms with E-state index in [1.807, 2.05) is 5.32 Å². The molecule has 0 spiro atoms. The summed E-state index contributed by atoms with van der Waals surface area (Å²) in [6, 6.07) is 3.26. The van der Waals surface area contributed by atoms with Crippen LogP contribution >= 0.6 is 11.3 Å². The van der Waals surface area contributed by atoms with Crippen LogP contribution in [0.3, 0.4) is 0 Å². The number of amides is 1. The van der Waals surface area contributed by atoms with Gasteiger partial charge in [-0.25, -0.2) is 18.0 Å². The number of aromatic carboxylic acids is 1. The fourth-order valence-electron chi connectivity index (χ4n) is 1.38. The van der Waals surface area contributed by atoms with Crippen molar-refractivity contribution in [2.45, 2.75) is 0 Å². The minimum atomic E-state index is -1.37. The first-order valence-electron chi connectivity index (χ1n) is 5.17.